The highest BCUT2D eigenvalue weighted by molar-refractivity contribution is 5.88. The summed E-state index contributed by atoms with van der Waals surface area (Å²) in [5, 5.41) is 0. The third-order valence-corrected chi connectivity index (χ3v) is 2.89. The number of benzene rings is 1. The summed E-state index contributed by atoms with van der Waals surface area (Å²) in [6, 6.07) is 8.45. The number of methoxy groups -OCH3 is 1. The molecule has 0 fully saturated rings. The number of esters is 1. The quantitative estimate of drug-likeness (QED) is 0.412. The highest BCUT2D eigenvalue weighted by atomic mass is 16.5. The standard InChI is InChI=1S/C14H15NO2/c1-17-14(16)7-4-9-15-10-8-12-5-2-3-6-13(12)11-15/h2-3,5-6H,8-11H2,1H3. The number of carbonyl (C=O) groups is 1. The molecule has 0 spiro atoms. The maximum absolute atomic E-state index is 10.8. The fraction of sp³-hybridized carbons (Fsp3) is 0.357. The molecule has 0 aliphatic carbocycles. The van der Waals surface area contributed by atoms with E-state index >= 15 is 0 Å². The molecule has 0 N–H and O–H groups in total. The van der Waals surface area contributed by atoms with Gasteiger partial charge in [0.05, 0.1) is 13.7 Å². The Bertz CT molecular complexity index is 471. The summed E-state index contributed by atoms with van der Waals surface area (Å²) in [6.45, 7) is 2.52. The molecule has 2 rings (SSSR count). The predicted octanol–water partition coefficient (Wildman–Crippen LogP) is 1.22. The van der Waals surface area contributed by atoms with Gasteiger partial charge in [-0.2, -0.15) is 0 Å². The molecule has 1 aromatic carbocycles. The van der Waals surface area contributed by atoms with Crippen LogP contribution < -0.4 is 0 Å². The molecular weight excluding hydrogens is 214 g/mol. The Morgan fingerprint density at radius 2 is 2.18 bits per heavy atom. The minimum Gasteiger partial charge on any atom is -0.459 e. The minimum absolute atomic E-state index is 0.470. The van der Waals surface area contributed by atoms with E-state index in [1.54, 1.807) is 0 Å². The smallest absolute Gasteiger partial charge is 0.384 e. The van der Waals surface area contributed by atoms with Crippen molar-refractivity contribution in [3.05, 3.63) is 35.4 Å². The first-order chi connectivity index (χ1) is 8.29. The van der Waals surface area contributed by atoms with Crippen LogP contribution in [0.5, 0.6) is 0 Å². The Morgan fingerprint density at radius 3 is 2.94 bits per heavy atom. The fourth-order valence-corrected chi connectivity index (χ4v) is 1.96. The zero-order chi connectivity index (χ0) is 12.1. The molecule has 0 amide bonds. The first kappa shape index (κ1) is 11.7. The van der Waals surface area contributed by atoms with E-state index in [0.717, 1.165) is 19.5 Å². The predicted molar refractivity (Wildman–Crippen MR) is 65.2 cm³/mol. The van der Waals surface area contributed by atoms with Gasteiger partial charge in [-0.1, -0.05) is 30.2 Å². The summed E-state index contributed by atoms with van der Waals surface area (Å²) in [4.78, 5) is 13.1. The van der Waals surface area contributed by atoms with Crippen LogP contribution >= 0.6 is 0 Å². The number of carbonyl (C=O) groups excluding carboxylic acids is 1. The second-order valence-corrected chi connectivity index (χ2v) is 4.02. The van der Waals surface area contributed by atoms with Crippen molar-refractivity contribution in [2.45, 2.75) is 13.0 Å². The van der Waals surface area contributed by atoms with Gasteiger partial charge in [-0.15, -0.1) is 0 Å². The molecular formula is C14H15NO2. The lowest BCUT2D eigenvalue weighted by molar-refractivity contribution is -0.133. The van der Waals surface area contributed by atoms with Crippen LogP contribution in [0.4, 0.5) is 0 Å². The molecule has 1 heterocycles. The second kappa shape index (κ2) is 5.51. The first-order valence-corrected chi connectivity index (χ1v) is 5.65. The van der Waals surface area contributed by atoms with E-state index in [0.29, 0.717) is 6.54 Å². The third-order valence-electron chi connectivity index (χ3n) is 2.89. The van der Waals surface area contributed by atoms with Crippen molar-refractivity contribution in [3.8, 4) is 11.8 Å². The van der Waals surface area contributed by atoms with Gasteiger partial charge in [-0.25, -0.2) is 4.79 Å². The van der Waals surface area contributed by atoms with Crippen molar-refractivity contribution in [1.29, 1.82) is 0 Å². The van der Waals surface area contributed by atoms with Crippen molar-refractivity contribution in [2.75, 3.05) is 20.2 Å². The lowest BCUT2D eigenvalue weighted by Gasteiger charge is -2.26. The molecule has 0 unspecified atom stereocenters. The Kier molecular flexibility index (Phi) is 3.79. The summed E-state index contributed by atoms with van der Waals surface area (Å²) in [7, 11) is 1.34. The van der Waals surface area contributed by atoms with Gasteiger partial charge < -0.3 is 4.74 Å². The van der Waals surface area contributed by atoms with Crippen LogP contribution in [-0.2, 0) is 22.5 Å². The summed E-state index contributed by atoms with van der Waals surface area (Å²) < 4.78 is 4.46. The minimum atomic E-state index is -0.470. The summed E-state index contributed by atoms with van der Waals surface area (Å²) >= 11 is 0. The maximum atomic E-state index is 10.8. The van der Waals surface area contributed by atoms with Crippen molar-refractivity contribution in [1.82, 2.24) is 4.90 Å². The van der Waals surface area contributed by atoms with Gasteiger partial charge in [0.15, 0.2) is 0 Å². The van der Waals surface area contributed by atoms with Gasteiger partial charge in [0.1, 0.15) is 0 Å². The molecule has 1 aromatic rings. The molecule has 0 saturated heterocycles. The zero-order valence-corrected chi connectivity index (χ0v) is 9.90. The van der Waals surface area contributed by atoms with E-state index in [1.807, 2.05) is 0 Å². The van der Waals surface area contributed by atoms with Crippen LogP contribution in [0, 0.1) is 11.8 Å². The third kappa shape index (κ3) is 3.08. The maximum Gasteiger partial charge on any atom is 0.384 e. The lowest BCUT2D eigenvalue weighted by Crippen LogP contribution is -2.30. The van der Waals surface area contributed by atoms with E-state index < -0.39 is 5.97 Å². The van der Waals surface area contributed by atoms with Gasteiger partial charge in [-0.05, 0) is 17.5 Å². The van der Waals surface area contributed by atoms with Gasteiger partial charge in [-0.3, -0.25) is 4.90 Å². The topological polar surface area (TPSA) is 29.5 Å². The fourth-order valence-electron chi connectivity index (χ4n) is 1.96. The van der Waals surface area contributed by atoms with Crippen LogP contribution in [0.25, 0.3) is 0 Å². The van der Waals surface area contributed by atoms with E-state index in [-0.39, 0.29) is 0 Å². The molecule has 0 atom stereocenters. The molecule has 1 aliphatic heterocycles. The van der Waals surface area contributed by atoms with Crippen molar-refractivity contribution in [2.24, 2.45) is 0 Å². The normalized spacial score (nSPS) is 14.4. The van der Waals surface area contributed by atoms with Gasteiger partial charge >= 0.3 is 5.97 Å². The number of nitrogens with zero attached hydrogens (tertiary/aromatic N) is 1. The van der Waals surface area contributed by atoms with E-state index in [9.17, 15) is 4.79 Å². The van der Waals surface area contributed by atoms with E-state index in [1.165, 1.54) is 18.2 Å². The number of ether oxygens (including phenoxy) is 1. The van der Waals surface area contributed by atoms with Crippen LogP contribution in [0.2, 0.25) is 0 Å². The summed E-state index contributed by atoms with van der Waals surface area (Å²) in [6.07, 6.45) is 1.05. The SMILES string of the molecule is COC(=O)C#CCN1CCc2ccccc2C1. The van der Waals surface area contributed by atoms with Gasteiger partial charge in [0.25, 0.3) is 0 Å². The van der Waals surface area contributed by atoms with Crippen molar-refractivity contribution >= 4 is 5.97 Å². The largest absolute Gasteiger partial charge is 0.459 e. The van der Waals surface area contributed by atoms with Gasteiger partial charge in [0.2, 0.25) is 0 Å². The molecule has 3 heteroatoms. The second-order valence-electron chi connectivity index (χ2n) is 4.02. The Hall–Kier alpha value is -1.79. The molecule has 0 saturated carbocycles. The lowest BCUT2D eigenvalue weighted by atomic mass is 10.0. The molecule has 3 nitrogen and oxygen atoms in total. The number of hydrogen-bond acceptors (Lipinski definition) is 3. The van der Waals surface area contributed by atoms with Gasteiger partial charge in [0, 0.05) is 19.0 Å². The molecule has 1 aliphatic rings. The molecule has 0 bridgehead atoms. The number of rotatable bonds is 1. The summed E-state index contributed by atoms with van der Waals surface area (Å²) in [5.41, 5.74) is 2.78. The molecule has 0 radical (unpaired) electrons. The first-order valence-electron chi connectivity index (χ1n) is 5.65. The molecule has 17 heavy (non-hydrogen) atoms. The van der Waals surface area contributed by atoms with Crippen molar-refractivity contribution in [3.63, 3.8) is 0 Å². The van der Waals surface area contributed by atoms with Crippen LogP contribution in [0.3, 0.4) is 0 Å². The van der Waals surface area contributed by atoms with Crippen LogP contribution in [0.1, 0.15) is 11.1 Å². The molecule has 0 aromatic heterocycles. The monoisotopic (exact) mass is 229 g/mol. The Morgan fingerprint density at radius 1 is 1.41 bits per heavy atom. The van der Waals surface area contributed by atoms with E-state index in [2.05, 4.69) is 45.7 Å². The Balaban J connectivity index is 1.94. The molecule has 88 valence electrons. The number of hydrogen-bond donors (Lipinski definition) is 0. The zero-order valence-electron chi connectivity index (χ0n) is 9.90. The van der Waals surface area contributed by atoms with E-state index in [4.69, 9.17) is 0 Å². The highest BCUT2D eigenvalue weighted by Crippen LogP contribution is 2.17. The highest BCUT2D eigenvalue weighted by Gasteiger charge is 2.14. The summed E-state index contributed by atoms with van der Waals surface area (Å²) in [5.74, 6) is 4.82. The van der Waals surface area contributed by atoms with Crippen LogP contribution in [-0.4, -0.2) is 31.1 Å². The van der Waals surface area contributed by atoms with Crippen molar-refractivity contribution < 1.29 is 9.53 Å². The number of fused-ring (bicyclic) bond motifs is 1. The average molecular weight is 229 g/mol. The van der Waals surface area contributed by atoms with Crippen LogP contribution in [0.15, 0.2) is 24.3 Å². The Labute approximate surface area is 101 Å². The average Bonchev–Trinajstić information content (AvgIpc) is 2.38.